The van der Waals surface area contributed by atoms with Crippen LogP contribution < -0.4 is 10.2 Å². The van der Waals surface area contributed by atoms with Crippen LogP contribution in [0.4, 0.5) is 10.5 Å². The van der Waals surface area contributed by atoms with E-state index in [2.05, 4.69) is 12.2 Å². The van der Waals surface area contributed by atoms with Crippen molar-refractivity contribution in [2.75, 3.05) is 18.0 Å². The lowest BCUT2D eigenvalue weighted by atomic mass is 9.98. The van der Waals surface area contributed by atoms with Gasteiger partial charge in [0.25, 0.3) is 0 Å². The number of hydrogen-bond acceptors (Lipinski definition) is 2. The number of nitrogens with one attached hydrogen (secondary N) is 1. The van der Waals surface area contributed by atoms with Crippen LogP contribution in [0.5, 0.6) is 0 Å². The smallest absolute Gasteiger partial charge is 0.321 e. The molecule has 1 heterocycles. The molecule has 1 aromatic carbocycles. The van der Waals surface area contributed by atoms with Crippen molar-refractivity contribution in [1.82, 2.24) is 5.32 Å². The molecule has 0 saturated carbocycles. The van der Waals surface area contributed by atoms with Gasteiger partial charge in [0.1, 0.15) is 0 Å². The average molecular weight is 276 g/mol. The topological polar surface area (TPSA) is 69.6 Å². The zero-order valence-corrected chi connectivity index (χ0v) is 11.6. The number of unbranched alkanes of at least 4 members (excludes halogenated alkanes) is 1. The van der Waals surface area contributed by atoms with Gasteiger partial charge >= 0.3 is 12.0 Å². The summed E-state index contributed by atoms with van der Waals surface area (Å²) in [5.41, 5.74) is 1.77. The fraction of sp³-hybridized carbons (Fsp3) is 0.467. The van der Waals surface area contributed by atoms with Crippen molar-refractivity contribution in [2.24, 2.45) is 0 Å². The number of carbonyl (C=O) groups excluding carboxylic acids is 1. The molecule has 1 aliphatic rings. The highest BCUT2D eigenvalue weighted by Gasteiger charge is 2.33. The van der Waals surface area contributed by atoms with Gasteiger partial charge in [0.2, 0.25) is 0 Å². The molecule has 0 bridgehead atoms. The Bertz CT molecular complexity index is 502. The monoisotopic (exact) mass is 276 g/mol. The number of carbonyl (C=O) groups is 2. The maximum Gasteiger partial charge on any atom is 0.321 e. The lowest BCUT2D eigenvalue weighted by Gasteiger charge is -2.18. The minimum atomic E-state index is -0.835. The fourth-order valence-electron chi connectivity index (χ4n) is 2.54. The van der Waals surface area contributed by atoms with E-state index in [1.807, 2.05) is 24.3 Å². The third kappa shape index (κ3) is 3.10. The Morgan fingerprint density at radius 1 is 1.40 bits per heavy atom. The Balaban J connectivity index is 2.12. The maximum absolute atomic E-state index is 12.2. The van der Waals surface area contributed by atoms with Crippen LogP contribution in [0.2, 0.25) is 0 Å². The number of benzene rings is 1. The third-order valence-corrected chi connectivity index (χ3v) is 3.54. The molecule has 0 aliphatic carbocycles. The van der Waals surface area contributed by atoms with Crippen molar-refractivity contribution in [3.05, 3.63) is 29.8 Å². The van der Waals surface area contributed by atoms with Gasteiger partial charge in [0.05, 0.1) is 6.42 Å². The normalized spacial score (nSPS) is 16.9. The Hall–Kier alpha value is -2.04. The predicted octanol–water partition coefficient (Wildman–Crippen LogP) is 2.57. The van der Waals surface area contributed by atoms with Gasteiger partial charge in [0, 0.05) is 24.7 Å². The molecular formula is C15H20N2O3. The second-order valence-corrected chi connectivity index (χ2v) is 5.05. The number of aliphatic carboxylic acids is 1. The number of urea groups is 1. The number of hydrogen-bond donors (Lipinski definition) is 2. The van der Waals surface area contributed by atoms with Crippen LogP contribution in [0.3, 0.4) is 0 Å². The van der Waals surface area contributed by atoms with Crippen LogP contribution in [0.15, 0.2) is 24.3 Å². The van der Waals surface area contributed by atoms with E-state index in [1.54, 1.807) is 4.90 Å². The van der Waals surface area contributed by atoms with Crippen LogP contribution in [-0.4, -0.2) is 30.2 Å². The summed E-state index contributed by atoms with van der Waals surface area (Å²) in [6.45, 7) is 3.15. The van der Waals surface area contributed by atoms with Gasteiger partial charge in [-0.15, -0.1) is 0 Å². The van der Waals surface area contributed by atoms with Crippen molar-refractivity contribution in [1.29, 1.82) is 0 Å². The summed E-state index contributed by atoms with van der Waals surface area (Å²) in [4.78, 5) is 24.8. The Morgan fingerprint density at radius 3 is 2.85 bits per heavy atom. The molecule has 0 spiro atoms. The molecule has 0 radical (unpaired) electrons. The number of anilines is 1. The summed E-state index contributed by atoms with van der Waals surface area (Å²) in [7, 11) is 0. The Morgan fingerprint density at radius 2 is 2.15 bits per heavy atom. The van der Waals surface area contributed by atoms with Gasteiger partial charge in [-0.25, -0.2) is 4.79 Å². The number of carboxylic acid groups (broad SMARTS) is 1. The molecular weight excluding hydrogens is 256 g/mol. The summed E-state index contributed by atoms with van der Waals surface area (Å²) in [5.74, 6) is -0.960. The van der Waals surface area contributed by atoms with Crippen LogP contribution in [0.1, 0.15) is 37.7 Å². The van der Waals surface area contributed by atoms with Gasteiger partial charge < -0.3 is 10.4 Å². The second kappa shape index (κ2) is 6.41. The van der Waals surface area contributed by atoms with E-state index in [0.29, 0.717) is 13.1 Å². The molecule has 2 amide bonds. The molecule has 0 aromatic heterocycles. The lowest BCUT2D eigenvalue weighted by molar-refractivity contribution is -0.137. The van der Waals surface area contributed by atoms with Crippen molar-refractivity contribution in [2.45, 2.75) is 32.1 Å². The first kappa shape index (κ1) is 14.4. The average Bonchev–Trinajstić information content (AvgIpc) is 2.78. The van der Waals surface area contributed by atoms with E-state index in [1.165, 1.54) is 0 Å². The van der Waals surface area contributed by atoms with Crippen molar-refractivity contribution in [3.8, 4) is 0 Å². The number of amides is 2. The van der Waals surface area contributed by atoms with E-state index in [4.69, 9.17) is 5.11 Å². The van der Waals surface area contributed by atoms with Gasteiger partial charge in [0.15, 0.2) is 0 Å². The number of rotatable bonds is 5. The summed E-state index contributed by atoms with van der Waals surface area (Å²) < 4.78 is 0. The molecule has 5 heteroatoms. The third-order valence-electron chi connectivity index (χ3n) is 3.54. The van der Waals surface area contributed by atoms with E-state index in [9.17, 15) is 9.59 Å². The summed E-state index contributed by atoms with van der Waals surface area (Å²) in [5, 5.41) is 11.9. The van der Waals surface area contributed by atoms with Gasteiger partial charge in [-0.05, 0) is 18.1 Å². The van der Waals surface area contributed by atoms with Crippen LogP contribution in [0, 0.1) is 0 Å². The van der Waals surface area contributed by atoms with E-state index in [0.717, 1.165) is 24.1 Å². The maximum atomic E-state index is 12.2. The SMILES string of the molecule is CCCCNC(=O)N1CC(CC(=O)O)c2ccccc21. The lowest BCUT2D eigenvalue weighted by Crippen LogP contribution is -2.39. The van der Waals surface area contributed by atoms with Crippen molar-refractivity contribution in [3.63, 3.8) is 0 Å². The Labute approximate surface area is 118 Å². The van der Waals surface area contributed by atoms with E-state index in [-0.39, 0.29) is 18.4 Å². The highest BCUT2D eigenvalue weighted by Crippen LogP contribution is 2.37. The standard InChI is InChI=1S/C15H20N2O3/c1-2-3-8-16-15(20)17-10-11(9-14(18)19)12-6-4-5-7-13(12)17/h4-7,11H,2-3,8-10H2,1H3,(H,16,20)(H,18,19). The molecule has 20 heavy (non-hydrogen) atoms. The molecule has 2 rings (SSSR count). The molecule has 0 saturated heterocycles. The summed E-state index contributed by atoms with van der Waals surface area (Å²) >= 11 is 0. The largest absolute Gasteiger partial charge is 0.481 e. The highest BCUT2D eigenvalue weighted by atomic mass is 16.4. The second-order valence-electron chi connectivity index (χ2n) is 5.05. The van der Waals surface area contributed by atoms with Gasteiger partial charge in [-0.3, -0.25) is 9.69 Å². The molecule has 2 N–H and O–H groups in total. The first-order valence-corrected chi connectivity index (χ1v) is 6.99. The van der Waals surface area contributed by atoms with Gasteiger partial charge in [-0.1, -0.05) is 31.5 Å². The minimum Gasteiger partial charge on any atom is -0.481 e. The van der Waals surface area contributed by atoms with E-state index < -0.39 is 5.97 Å². The van der Waals surface area contributed by atoms with Crippen molar-refractivity contribution >= 4 is 17.7 Å². The predicted molar refractivity (Wildman–Crippen MR) is 77.1 cm³/mol. The quantitative estimate of drug-likeness (QED) is 0.812. The molecule has 1 aromatic rings. The molecule has 108 valence electrons. The van der Waals surface area contributed by atoms with Crippen LogP contribution in [-0.2, 0) is 4.79 Å². The van der Waals surface area contributed by atoms with E-state index >= 15 is 0 Å². The van der Waals surface area contributed by atoms with Crippen molar-refractivity contribution < 1.29 is 14.7 Å². The zero-order chi connectivity index (χ0) is 14.5. The minimum absolute atomic E-state index is 0.0513. The zero-order valence-electron chi connectivity index (χ0n) is 11.6. The van der Waals surface area contributed by atoms with Gasteiger partial charge in [-0.2, -0.15) is 0 Å². The first-order valence-electron chi connectivity index (χ1n) is 6.99. The molecule has 0 fully saturated rings. The molecule has 5 nitrogen and oxygen atoms in total. The number of nitrogens with zero attached hydrogens (tertiary/aromatic N) is 1. The Kier molecular flexibility index (Phi) is 4.61. The summed E-state index contributed by atoms with van der Waals surface area (Å²) in [6.07, 6.45) is 2.02. The summed E-state index contributed by atoms with van der Waals surface area (Å²) in [6, 6.07) is 7.39. The first-order chi connectivity index (χ1) is 9.63. The van der Waals surface area contributed by atoms with Crippen LogP contribution >= 0.6 is 0 Å². The molecule has 1 aliphatic heterocycles. The highest BCUT2D eigenvalue weighted by molar-refractivity contribution is 5.95. The number of fused-ring (bicyclic) bond motifs is 1. The molecule has 1 atom stereocenters. The fourth-order valence-corrected chi connectivity index (χ4v) is 2.54. The molecule has 1 unspecified atom stereocenters. The van der Waals surface area contributed by atoms with Crippen LogP contribution in [0.25, 0.3) is 0 Å². The number of carboxylic acids is 1. The number of para-hydroxylation sites is 1.